The lowest BCUT2D eigenvalue weighted by molar-refractivity contribution is -0.118. The first-order chi connectivity index (χ1) is 11.3. The molecule has 0 unspecified atom stereocenters. The maximum atomic E-state index is 11.4. The predicted octanol–water partition coefficient (Wildman–Crippen LogP) is 4.15. The number of aromatic nitrogens is 1. The Morgan fingerprint density at radius 1 is 1.17 bits per heavy atom. The fraction of sp³-hybridized carbons (Fsp3) is 0.111. The van der Waals surface area contributed by atoms with Gasteiger partial charge in [0.2, 0.25) is 0 Å². The molecule has 0 fully saturated rings. The van der Waals surface area contributed by atoms with E-state index in [4.69, 9.17) is 9.72 Å². The molecular formula is C18H15ClN2O2S. The Morgan fingerprint density at radius 2 is 2.00 bits per heavy atom. The molecule has 0 saturated carbocycles. The number of thiazole rings is 1. The van der Waals surface area contributed by atoms with Gasteiger partial charge in [0.25, 0.3) is 5.91 Å². The summed E-state index contributed by atoms with van der Waals surface area (Å²) >= 11 is 1.65. The van der Waals surface area contributed by atoms with Crippen LogP contribution in [0.25, 0.3) is 11.3 Å². The first-order valence-corrected chi connectivity index (χ1v) is 8.21. The van der Waals surface area contributed by atoms with Crippen LogP contribution in [0.15, 0.2) is 53.9 Å². The third-order valence-corrected chi connectivity index (χ3v) is 4.51. The third-order valence-electron chi connectivity index (χ3n) is 3.66. The van der Waals surface area contributed by atoms with Gasteiger partial charge in [0, 0.05) is 17.4 Å². The molecule has 1 aliphatic heterocycles. The van der Waals surface area contributed by atoms with Gasteiger partial charge in [-0.2, -0.15) is 0 Å². The number of carbonyl (C=O) groups is 1. The van der Waals surface area contributed by atoms with E-state index in [2.05, 4.69) is 17.4 Å². The van der Waals surface area contributed by atoms with Crippen LogP contribution in [0, 0.1) is 0 Å². The first-order valence-electron chi connectivity index (χ1n) is 7.33. The molecule has 122 valence electrons. The molecule has 1 aliphatic rings. The lowest BCUT2D eigenvalue weighted by Crippen LogP contribution is -2.25. The molecule has 2 aromatic carbocycles. The van der Waals surface area contributed by atoms with E-state index in [0.717, 1.165) is 22.7 Å². The largest absolute Gasteiger partial charge is 0.482 e. The van der Waals surface area contributed by atoms with E-state index >= 15 is 0 Å². The summed E-state index contributed by atoms with van der Waals surface area (Å²) in [6.45, 7) is 0.0737. The lowest BCUT2D eigenvalue weighted by Gasteiger charge is -2.18. The van der Waals surface area contributed by atoms with Crippen molar-refractivity contribution in [3.63, 3.8) is 0 Å². The molecule has 24 heavy (non-hydrogen) atoms. The van der Waals surface area contributed by atoms with Crippen LogP contribution >= 0.6 is 23.7 Å². The van der Waals surface area contributed by atoms with E-state index in [1.165, 1.54) is 5.56 Å². The highest BCUT2D eigenvalue weighted by atomic mass is 35.5. The number of carbonyl (C=O) groups excluding carboxylic acids is 1. The highest BCUT2D eigenvalue weighted by molar-refractivity contribution is 7.10. The number of anilines is 1. The van der Waals surface area contributed by atoms with Gasteiger partial charge >= 0.3 is 0 Å². The summed E-state index contributed by atoms with van der Waals surface area (Å²) in [5, 5.41) is 5.95. The summed E-state index contributed by atoms with van der Waals surface area (Å²) in [4.78, 5) is 16.1. The number of rotatable bonds is 3. The molecule has 4 nitrogen and oxygen atoms in total. The minimum absolute atomic E-state index is 0. The van der Waals surface area contributed by atoms with E-state index < -0.39 is 0 Å². The Morgan fingerprint density at radius 3 is 2.83 bits per heavy atom. The zero-order valence-electron chi connectivity index (χ0n) is 12.7. The molecule has 4 rings (SSSR count). The van der Waals surface area contributed by atoms with Crippen molar-refractivity contribution in [2.45, 2.75) is 6.42 Å². The minimum atomic E-state index is -0.127. The van der Waals surface area contributed by atoms with Crippen molar-refractivity contribution in [3.8, 4) is 17.0 Å². The third kappa shape index (κ3) is 3.42. The van der Waals surface area contributed by atoms with E-state index in [9.17, 15) is 4.79 Å². The van der Waals surface area contributed by atoms with E-state index in [-0.39, 0.29) is 24.9 Å². The SMILES string of the molecule is Cl.O=C1COc2ccc(-c3csc(Cc4ccccc4)n3)cc2N1. The van der Waals surface area contributed by atoms with Crippen LogP contribution in [-0.2, 0) is 11.2 Å². The molecule has 0 spiro atoms. The lowest BCUT2D eigenvalue weighted by atomic mass is 10.1. The summed E-state index contributed by atoms with van der Waals surface area (Å²) in [5.41, 5.74) is 3.85. The van der Waals surface area contributed by atoms with Crippen LogP contribution < -0.4 is 10.1 Å². The second kappa shape index (κ2) is 7.03. The maximum absolute atomic E-state index is 11.4. The number of halogens is 1. The number of fused-ring (bicyclic) bond motifs is 1. The summed E-state index contributed by atoms with van der Waals surface area (Å²) in [5.74, 6) is 0.575. The minimum Gasteiger partial charge on any atom is -0.482 e. The van der Waals surface area contributed by atoms with Gasteiger partial charge in [-0.05, 0) is 23.8 Å². The van der Waals surface area contributed by atoms with E-state index in [0.29, 0.717) is 11.4 Å². The predicted molar refractivity (Wildman–Crippen MR) is 98.2 cm³/mol. The Balaban J connectivity index is 0.00000169. The van der Waals surface area contributed by atoms with Crippen molar-refractivity contribution in [1.29, 1.82) is 0 Å². The Labute approximate surface area is 149 Å². The molecule has 0 aliphatic carbocycles. The van der Waals surface area contributed by atoms with Crippen LogP contribution in [0.4, 0.5) is 5.69 Å². The van der Waals surface area contributed by atoms with Crippen LogP contribution in [0.2, 0.25) is 0 Å². The van der Waals surface area contributed by atoms with Crippen molar-refractivity contribution in [3.05, 3.63) is 64.5 Å². The van der Waals surface area contributed by atoms with Gasteiger partial charge in [-0.15, -0.1) is 23.7 Å². The number of ether oxygens (including phenoxy) is 1. The zero-order chi connectivity index (χ0) is 15.6. The molecule has 0 saturated heterocycles. The van der Waals surface area contributed by atoms with E-state index in [1.54, 1.807) is 11.3 Å². The number of amides is 1. The smallest absolute Gasteiger partial charge is 0.262 e. The van der Waals surface area contributed by atoms with Gasteiger partial charge in [-0.25, -0.2) is 4.98 Å². The van der Waals surface area contributed by atoms with E-state index in [1.807, 2.05) is 41.8 Å². The Kier molecular flexibility index (Phi) is 4.83. The molecular weight excluding hydrogens is 344 g/mol. The van der Waals surface area contributed by atoms with Crippen LogP contribution in [-0.4, -0.2) is 17.5 Å². The highest BCUT2D eigenvalue weighted by Gasteiger charge is 2.17. The normalized spacial score (nSPS) is 12.6. The summed E-state index contributed by atoms with van der Waals surface area (Å²) in [7, 11) is 0. The quantitative estimate of drug-likeness (QED) is 0.765. The first kappa shape index (κ1) is 16.5. The van der Waals surface area contributed by atoms with Crippen molar-refractivity contribution >= 4 is 35.3 Å². The molecule has 1 N–H and O–H groups in total. The fourth-order valence-corrected chi connectivity index (χ4v) is 3.38. The summed E-state index contributed by atoms with van der Waals surface area (Å²) in [6.07, 6.45) is 0.830. The second-order valence-electron chi connectivity index (χ2n) is 5.34. The maximum Gasteiger partial charge on any atom is 0.262 e. The molecule has 3 aromatic rings. The summed E-state index contributed by atoms with van der Waals surface area (Å²) in [6, 6.07) is 16.1. The topological polar surface area (TPSA) is 51.2 Å². The monoisotopic (exact) mass is 358 g/mol. The molecule has 6 heteroatoms. The van der Waals surface area contributed by atoms with Gasteiger partial charge in [0.15, 0.2) is 6.61 Å². The van der Waals surface area contributed by atoms with Crippen LogP contribution in [0.5, 0.6) is 5.75 Å². The standard InChI is InChI=1S/C18H14N2O2S.ClH/c21-17-10-22-16-7-6-13(9-14(16)19-17)15-11-23-18(20-15)8-12-4-2-1-3-5-12;/h1-7,9,11H,8,10H2,(H,19,21);1H. The van der Waals surface area contributed by atoms with Gasteiger partial charge in [-0.3, -0.25) is 4.79 Å². The number of hydrogen-bond acceptors (Lipinski definition) is 4. The Bertz CT molecular complexity index is 864. The second-order valence-corrected chi connectivity index (χ2v) is 6.28. The molecule has 1 amide bonds. The number of hydrogen-bond donors (Lipinski definition) is 1. The van der Waals surface area contributed by atoms with Crippen LogP contribution in [0.1, 0.15) is 10.6 Å². The Hall–Kier alpha value is -2.37. The van der Waals surface area contributed by atoms with Gasteiger partial charge in [0.05, 0.1) is 16.4 Å². The van der Waals surface area contributed by atoms with Gasteiger partial charge in [0.1, 0.15) is 5.75 Å². The number of nitrogens with one attached hydrogen (secondary N) is 1. The van der Waals surface area contributed by atoms with Crippen molar-refractivity contribution in [1.82, 2.24) is 4.98 Å². The molecule has 1 aromatic heterocycles. The molecule has 0 bridgehead atoms. The average Bonchev–Trinajstić information content (AvgIpc) is 3.03. The van der Waals surface area contributed by atoms with Crippen molar-refractivity contribution in [2.75, 3.05) is 11.9 Å². The summed E-state index contributed by atoms with van der Waals surface area (Å²) < 4.78 is 5.38. The number of nitrogens with zero attached hydrogens (tertiary/aromatic N) is 1. The van der Waals surface area contributed by atoms with Crippen molar-refractivity contribution < 1.29 is 9.53 Å². The average molecular weight is 359 g/mol. The molecule has 2 heterocycles. The number of benzene rings is 2. The van der Waals surface area contributed by atoms with Gasteiger partial charge < -0.3 is 10.1 Å². The van der Waals surface area contributed by atoms with Crippen LogP contribution in [0.3, 0.4) is 0 Å². The van der Waals surface area contributed by atoms with Gasteiger partial charge in [-0.1, -0.05) is 30.3 Å². The molecule has 0 radical (unpaired) electrons. The zero-order valence-corrected chi connectivity index (χ0v) is 14.3. The van der Waals surface area contributed by atoms with Crippen molar-refractivity contribution in [2.24, 2.45) is 0 Å². The fourth-order valence-electron chi connectivity index (χ4n) is 2.54. The molecule has 0 atom stereocenters. The highest BCUT2D eigenvalue weighted by Crippen LogP contribution is 2.33.